The second-order valence-corrected chi connectivity index (χ2v) is 27.7. The summed E-state index contributed by atoms with van der Waals surface area (Å²) in [5.41, 5.74) is 0. The largest absolute Gasteiger partial charge is 0.466 e. The predicted molar refractivity (Wildman–Crippen MR) is 393 cm³/mol. The molecule has 0 radical (unpaired) electrons. The molecule has 0 spiro atoms. The molecule has 6 nitrogen and oxygen atoms in total. The molecular weight excluding hydrogens is 1090 g/mol. The standard InChI is InChI=1S/C83H157NO5/c1-3-5-7-9-11-13-15-17-19-44-47-51-55-59-63-67-71-75-81(86)80(79-85)84-82(87)76-72-68-64-60-56-52-48-45-42-40-38-36-34-32-30-28-26-24-22-21-23-25-27-29-31-33-35-37-39-41-43-46-50-54-58-62-66-70-74-78-89-83(88)77-73-69-65-61-57-53-49-20-18-16-14-12-10-8-6-4-2/h14,16,20-22,49,71,75,80-81,85-86H,3-13,15,17-19,23-48,50-70,72-74,76-79H2,1-2H3,(H,84,87)/b16-14-,22-21-,49-20-,75-71+. The normalized spacial score (nSPS) is 12.7. The molecule has 0 aliphatic heterocycles. The molecule has 0 aromatic heterocycles. The molecule has 0 aliphatic carbocycles. The highest BCUT2D eigenvalue weighted by molar-refractivity contribution is 5.76. The zero-order valence-corrected chi connectivity index (χ0v) is 60.2. The van der Waals surface area contributed by atoms with Gasteiger partial charge >= 0.3 is 5.97 Å². The fourth-order valence-corrected chi connectivity index (χ4v) is 12.7. The van der Waals surface area contributed by atoms with Gasteiger partial charge in [0.05, 0.1) is 25.4 Å². The third kappa shape index (κ3) is 74.7. The summed E-state index contributed by atoms with van der Waals surface area (Å²) in [6, 6.07) is -0.625. The first-order chi connectivity index (χ1) is 44.0. The van der Waals surface area contributed by atoms with Gasteiger partial charge in [-0.2, -0.15) is 0 Å². The molecular formula is C83H157NO5. The monoisotopic (exact) mass is 1250 g/mol. The lowest BCUT2D eigenvalue weighted by Gasteiger charge is -2.20. The van der Waals surface area contributed by atoms with E-state index in [1.807, 2.05) is 6.08 Å². The van der Waals surface area contributed by atoms with Crippen LogP contribution < -0.4 is 5.32 Å². The Morgan fingerprint density at radius 3 is 0.876 bits per heavy atom. The Bertz CT molecular complexity index is 1490. The molecule has 2 unspecified atom stereocenters. The Hall–Kier alpha value is -2.18. The third-order valence-electron chi connectivity index (χ3n) is 18.8. The highest BCUT2D eigenvalue weighted by atomic mass is 16.5. The highest BCUT2D eigenvalue weighted by Gasteiger charge is 2.18. The zero-order chi connectivity index (χ0) is 64.2. The van der Waals surface area contributed by atoms with Crippen LogP contribution in [0.1, 0.15) is 444 Å². The van der Waals surface area contributed by atoms with Gasteiger partial charge in [0.15, 0.2) is 0 Å². The zero-order valence-electron chi connectivity index (χ0n) is 60.2. The first-order valence-electron chi connectivity index (χ1n) is 40.4. The minimum atomic E-state index is -0.842. The van der Waals surface area contributed by atoms with Gasteiger partial charge in [0.25, 0.3) is 0 Å². The summed E-state index contributed by atoms with van der Waals surface area (Å²) in [4.78, 5) is 24.6. The fraction of sp³-hybridized carbons (Fsp3) is 0.880. The molecule has 1 amide bonds. The van der Waals surface area contributed by atoms with Crippen molar-refractivity contribution in [2.24, 2.45) is 0 Å². The first-order valence-corrected chi connectivity index (χ1v) is 40.4. The fourth-order valence-electron chi connectivity index (χ4n) is 12.7. The van der Waals surface area contributed by atoms with Crippen molar-refractivity contribution in [2.75, 3.05) is 13.2 Å². The quantitative estimate of drug-likeness (QED) is 0.0320. The van der Waals surface area contributed by atoms with Gasteiger partial charge in [0, 0.05) is 12.8 Å². The van der Waals surface area contributed by atoms with Crippen molar-refractivity contribution in [2.45, 2.75) is 456 Å². The summed E-state index contributed by atoms with van der Waals surface area (Å²) in [5.74, 6) is -0.0512. The number of allylic oxidation sites excluding steroid dienone is 7. The number of amides is 1. The van der Waals surface area contributed by atoms with E-state index in [1.165, 1.54) is 366 Å². The molecule has 3 N–H and O–H groups in total. The maximum Gasteiger partial charge on any atom is 0.305 e. The van der Waals surface area contributed by atoms with E-state index in [0.29, 0.717) is 19.4 Å². The number of hydrogen-bond acceptors (Lipinski definition) is 5. The average Bonchev–Trinajstić information content (AvgIpc) is 3.63. The second kappa shape index (κ2) is 78.3. The summed E-state index contributed by atoms with van der Waals surface area (Å²) in [5, 5.41) is 23.2. The molecule has 0 bridgehead atoms. The Kier molecular flexibility index (Phi) is 76.3. The molecule has 0 fully saturated rings. The second-order valence-electron chi connectivity index (χ2n) is 27.7. The number of aliphatic hydroxyl groups excluding tert-OH is 2. The van der Waals surface area contributed by atoms with E-state index in [-0.39, 0.29) is 18.5 Å². The van der Waals surface area contributed by atoms with E-state index in [4.69, 9.17) is 4.74 Å². The lowest BCUT2D eigenvalue weighted by atomic mass is 10.0. The van der Waals surface area contributed by atoms with Crippen molar-refractivity contribution < 1.29 is 24.5 Å². The molecule has 524 valence electrons. The molecule has 2 atom stereocenters. The van der Waals surface area contributed by atoms with Crippen LogP contribution in [0.25, 0.3) is 0 Å². The Labute approximate surface area is 556 Å². The number of unbranched alkanes of at least 4 members (excludes halogenated alkanes) is 59. The lowest BCUT2D eigenvalue weighted by Crippen LogP contribution is -2.45. The number of hydrogen-bond donors (Lipinski definition) is 3. The summed E-state index contributed by atoms with van der Waals surface area (Å²) in [6.07, 6.45) is 104. The van der Waals surface area contributed by atoms with Gasteiger partial charge in [0.1, 0.15) is 0 Å². The van der Waals surface area contributed by atoms with Crippen molar-refractivity contribution in [1.29, 1.82) is 0 Å². The summed E-state index contributed by atoms with van der Waals surface area (Å²) >= 11 is 0. The summed E-state index contributed by atoms with van der Waals surface area (Å²) < 4.78 is 5.50. The third-order valence-corrected chi connectivity index (χ3v) is 18.8. The van der Waals surface area contributed by atoms with Crippen molar-refractivity contribution in [3.8, 4) is 0 Å². The molecule has 6 heteroatoms. The van der Waals surface area contributed by atoms with E-state index in [0.717, 1.165) is 51.4 Å². The summed E-state index contributed by atoms with van der Waals surface area (Å²) in [7, 11) is 0. The molecule has 0 aromatic rings. The van der Waals surface area contributed by atoms with E-state index in [1.54, 1.807) is 6.08 Å². The smallest absolute Gasteiger partial charge is 0.305 e. The molecule has 0 aromatic carbocycles. The number of carbonyl (C=O) groups excluding carboxylic acids is 2. The van der Waals surface area contributed by atoms with Crippen LogP contribution in [0.15, 0.2) is 48.6 Å². The maximum absolute atomic E-state index is 12.5. The van der Waals surface area contributed by atoms with Crippen LogP contribution in [0.2, 0.25) is 0 Å². The Morgan fingerprint density at radius 1 is 0.315 bits per heavy atom. The maximum atomic E-state index is 12.5. The Morgan fingerprint density at radius 2 is 0.562 bits per heavy atom. The number of ether oxygens (including phenoxy) is 1. The number of rotatable bonds is 76. The van der Waals surface area contributed by atoms with Crippen LogP contribution >= 0.6 is 0 Å². The lowest BCUT2D eigenvalue weighted by molar-refractivity contribution is -0.143. The molecule has 0 aliphatic rings. The van der Waals surface area contributed by atoms with E-state index in [2.05, 4.69) is 55.6 Å². The van der Waals surface area contributed by atoms with Crippen LogP contribution in [0.5, 0.6) is 0 Å². The van der Waals surface area contributed by atoms with Gasteiger partial charge in [-0.25, -0.2) is 0 Å². The van der Waals surface area contributed by atoms with Crippen LogP contribution in [-0.4, -0.2) is 47.4 Å². The molecule has 0 saturated carbocycles. The van der Waals surface area contributed by atoms with Crippen LogP contribution in [0, 0.1) is 0 Å². The number of esters is 1. The predicted octanol–water partition coefficient (Wildman–Crippen LogP) is 26.8. The van der Waals surface area contributed by atoms with Crippen LogP contribution in [0.3, 0.4) is 0 Å². The topological polar surface area (TPSA) is 95.9 Å². The number of aliphatic hydroxyl groups is 2. The van der Waals surface area contributed by atoms with Gasteiger partial charge in [-0.3, -0.25) is 9.59 Å². The van der Waals surface area contributed by atoms with Crippen LogP contribution in [0.4, 0.5) is 0 Å². The number of carbonyl (C=O) groups is 2. The van der Waals surface area contributed by atoms with Crippen LogP contribution in [-0.2, 0) is 14.3 Å². The first kappa shape index (κ1) is 86.8. The van der Waals surface area contributed by atoms with Gasteiger partial charge in [-0.1, -0.05) is 390 Å². The SMILES string of the molecule is CCCCCC/C=C\C/C=C\CCCCCCCC(=O)OCCCCCCCCCCCCCCCCCCCC/C=C\CCCCCCCCCCCCCCCCCCCC(=O)NC(CO)C(O)/C=C/CCCCCCCCCCCCCCCCC. The van der Waals surface area contributed by atoms with Crippen molar-refractivity contribution in [3.63, 3.8) is 0 Å². The van der Waals surface area contributed by atoms with E-state index >= 15 is 0 Å². The highest BCUT2D eigenvalue weighted by Crippen LogP contribution is 2.19. The minimum Gasteiger partial charge on any atom is -0.466 e. The Balaban J connectivity index is 3.34. The van der Waals surface area contributed by atoms with Gasteiger partial charge < -0.3 is 20.3 Å². The average molecular weight is 1250 g/mol. The molecule has 0 saturated heterocycles. The number of nitrogens with one attached hydrogen (secondary N) is 1. The van der Waals surface area contributed by atoms with Gasteiger partial charge in [-0.15, -0.1) is 0 Å². The molecule has 89 heavy (non-hydrogen) atoms. The van der Waals surface area contributed by atoms with Gasteiger partial charge in [-0.05, 0) is 89.9 Å². The summed E-state index contributed by atoms with van der Waals surface area (Å²) in [6.45, 7) is 4.92. The van der Waals surface area contributed by atoms with E-state index in [9.17, 15) is 19.8 Å². The van der Waals surface area contributed by atoms with Gasteiger partial charge in [0.2, 0.25) is 5.91 Å². The minimum absolute atomic E-state index is 0.00917. The van der Waals surface area contributed by atoms with Crippen molar-refractivity contribution in [3.05, 3.63) is 48.6 Å². The van der Waals surface area contributed by atoms with E-state index < -0.39 is 12.1 Å². The molecule has 0 heterocycles. The van der Waals surface area contributed by atoms with Crippen molar-refractivity contribution >= 4 is 11.9 Å². The molecule has 0 rings (SSSR count). The van der Waals surface area contributed by atoms with Crippen molar-refractivity contribution in [1.82, 2.24) is 5.32 Å².